The average Bonchev–Trinajstić information content (AvgIpc) is 3.80. The third-order valence-corrected chi connectivity index (χ3v) is 8.25. The van der Waals surface area contributed by atoms with Crippen molar-refractivity contribution >= 4 is 23.8 Å². The fourth-order valence-corrected chi connectivity index (χ4v) is 5.52. The number of amides is 3. The van der Waals surface area contributed by atoms with Gasteiger partial charge in [-0.25, -0.2) is 18.7 Å². The van der Waals surface area contributed by atoms with Crippen LogP contribution in [0.1, 0.15) is 98.9 Å². The summed E-state index contributed by atoms with van der Waals surface area (Å²) in [5, 5.41) is 15.0. The van der Waals surface area contributed by atoms with Crippen molar-refractivity contribution in [3.8, 4) is 5.69 Å². The van der Waals surface area contributed by atoms with Gasteiger partial charge in [-0.15, -0.1) is 0 Å². The van der Waals surface area contributed by atoms with Crippen LogP contribution in [0.5, 0.6) is 0 Å². The standard InChI is InChI=1S/C40H46F4N6O5/c1-38(2,3)54-36(52)46-22-25-12-14-27(15-13-25)34(45-21-24-10-11-24)28-16-17-30(41)31(19-28)48-35(51)32-20-33(40(42,43)44)49-50(32)29-9-7-8-26(18-29)23-47-37(53)55-39(4,5)6/h7-9,12-20,24,34,45H,10-11,21-23H2,1-6H3,(H,46,52)(H,47,53)(H,48,51). The third kappa shape index (κ3) is 12.0. The number of benzene rings is 3. The van der Waals surface area contributed by atoms with Crippen LogP contribution in [0.25, 0.3) is 5.69 Å². The van der Waals surface area contributed by atoms with Gasteiger partial charge in [0.1, 0.15) is 22.7 Å². The normalized spacial score (nSPS) is 13.9. The highest BCUT2D eigenvalue weighted by Gasteiger charge is 2.36. The van der Waals surface area contributed by atoms with E-state index in [1.165, 1.54) is 24.3 Å². The van der Waals surface area contributed by atoms with E-state index in [0.717, 1.165) is 28.7 Å². The largest absolute Gasteiger partial charge is 0.444 e. The van der Waals surface area contributed by atoms with E-state index in [9.17, 15) is 27.6 Å². The minimum Gasteiger partial charge on any atom is -0.444 e. The molecule has 0 spiro atoms. The number of ether oxygens (including phenoxy) is 2. The molecule has 1 heterocycles. The van der Waals surface area contributed by atoms with Crippen LogP contribution in [0.15, 0.2) is 72.8 Å². The molecule has 1 atom stereocenters. The quantitative estimate of drug-likeness (QED) is 0.106. The number of hydrogen-bond acceptors (Lipinski definition) is 7. The van der Waals surface area contributed by atoms with Crippen molar-refractivity contribution in [3.05, 3.63) is 112 Å². The van der Waals surface area contributed by atoms with Crippen LogP contribution >= 0.6 is 0 Å². The molecular formula is C40H46F4N6O5. The molecule has 0 radical (unpaired) electrons. The Morgan fingerprint density at radius 1 is 0.800 bits per heavy atom. The van der Waals surface area contributed by atoms with Gasteiger partial charge in [0, 0.05) is 19.2 Å². The Kier molecular flexibility index (Phi) is 12.2. The number of alkyl halides is 3. The average molecular weight is 767 g/mol. The summed E-state index contributed by atoms with van der Waals surface area (Å²) in [6.07, 6.45) is -3.95. The Labute approximate surface area is 317 Å². The molecule has 0 aliphatic heterocycles. The van der Waals surface area contributed by atoms with Crippen molar-refractivity contribution in [1.29, 1.82) is 0 Å². The molecular weight excluding hydrogens is 720 g/mol. The number of carbonyl (C=O) groups is 3. The zero-order valence-electron chi connectivity index (χ0n) is 31.6. The molecule has 0 saturated heterocycles. The molecule has 15 heteroatoms. The Morgan fingerprint density at radius 3 is 1.98 bits per heavy atom. The predicted octanol–water partition coefficient (Wildman–Crippen LogP) is 8.42. The predicted molar refractivity (Wildman–Crippen MR) is 198 cm³/mol. The molecule has 11 nitrogen and oxygen atoms in total. The molecule has 0 bridgehead atoms. The molecule has 4 aromatic rings. The van der Waals surface area contributed by atoms with E-state index < -0.39 is 58.7 Å². The molecule has 3 amide bonds. The summed E-state index contributed by atoms with van der Waals surface area (Å²) in [4.78, 5) is 38.0. The summed E-state index contributed by atoms with van der Waals surface area (Å²) >= 11 is 0. The molecule has 1 aromatic heterocycles. The molecule has 4 N–H and O–H groups in total. The van der Waals surface area contributed by atoms with Crippen LogP contribution in [0.2, 0.25) is 0 Å². The van der Waals surface area contributed by atoms with Crippen molar-refractivity contribution in [1.82, 2.24) is 25.7 Å². The van der Waals surface area contributed by atoms with Crippen LogP contribution in [0, 0.1) is 11.7 Å². The van der Waals surface area contributed by atoms with E-state index >= 15 is 4.39 Å². The second-order valence-electron chi connectivity index (χ2n) is 15.4. The number of halogens is 4. The highest BCUT2D eigenvalue weighted by molar-refractivity contribution is 6.03. The van der Waals surface area contributed by atoms with Gasteiger partial charge in [-0.3, -0.25) is 4.79 Å². The topological polar surface area (TPSA) is 136 Å². The number of hydrogen-bond donors (Lipinski definition) is 4. The van der Waals surface area contributed by atoms with Gasteiger partial charge < -0.3 is 30.7 Å². The van der Waals surface area contributed by atoms with Gasteiger partial charge in [-0.05, 0) is 113 Å². The monoisotopic (exact) mass is 766 g/mol. The first-order chi connectivity index (χ1) is 25.7. The molecule has 3 aromatic carbocycles. The van der Waals surface area contributed by atoms with E-state index in [1.54, 1.807) is 59.7 Å². The SMILES string of the molecule is CC(C)(C)OC(=O)NCc1ccc(C(NCC2CC2)c2ccc(F)c(NC(=O)c3cc(C(F)(F)F)nn3-c3cccc(CNC(=O)OC(C)(C)C)c3)c2)cc1. The summed E-state index contributed by atoms with van der Waals surface area (Å²) in [6, 6.07) is 18.0. The maximum Gasteiger partial charge on any atom is 0.435 e. The number of nitrogens with one attached hydrogen (secondary N) is 4. The Balaban J connectivity index is 1.38. The highest BCUT2D eigenvalue weighted by Crippen LogP contribution is 2.33. The van der Waals surface area contributed by atoms with Crippen LogP contribution < -0.4 is 21.3 Å². The Hall–Kier alpha value is -5.44. The van der Waals surface area contributed by atoms with E-state index in [-0.39, 0.29) is 24.5 Å². The van der Waals surface area contributed by atoms with Gasteiger partial charge in [0.15, 0.2) is 5.69 Å². The third-order valence-electron chi connectivity index (χ3n) is 8.25. The molecule has 1 fully saturated rings. The first-order valence-electron chi connectivity index (χ1n) is 17.9. The summed E-state index contributed by atoms with van der Waals surface area (Å²) in [5.41, 5.74) is -0.568. The zero-order valence-corrected chi connectivity index (χ0v) is 31.6. The van der Waals surface area contributed by atoms with Gasteiger partial charge in [-0.2, -0.15) is 18.3 Å². The maximum absolute atomic E-state index is 15.3. The summed E-state index contributed by atoms with van der Waals surface area (Å²) in [5.74, 6) is -1.33. The summed E-state index contributed by atoms with van der Waals surface area (Å²) in [6.45, 7) is 11.4. The van der Waals surface area contributed by atoms with Gasteiger partial charge in [0.05, 0.1) is 17.4 Å². The fraction of sp³-hybridized carbons (Fsp3) is 0.400. The lowest BCUT2D eigenvalue weighted by Crippen LogP contribution is -2.32. The molecule has 55 heavy (non-hydrogen) atoms. The summed E-state index contributed by atoms with van der Waals surface area (Å²) < 4.78 is 68.5. The molecule has 294 valence electrons. The second kappa shape index (κ2) is 16.5. The van der Waals surface area contributed by atoms with E-state index in [0.29, 0.717) is 29.7 Å². The van der Waals surface area contributed by atoms with Crippen molar-refractivity contribution in [2.24, 2.45) is 5.92 Å². The number of aromatic nitrogens is 2. The number of alkyl carbamates (subject to hydrolysis) is 2. The van der Waals surface area contributed by atoms with Crippen LogP contribution in [-0.2, 0) is 28.7 Å². The molecule has 1 saturated carbocycles. The van der Waals surface area contributed by atoms with Crippen molar-refractivity contribution in [3.63, 3.8) is 0 Å². The zero-order chi connectivity index (χ0) is 40.1. The van der Waals surface area contributed by atoms with Crippen LogP contribution in [0.4, 0.5) is 32.8 Å². The molecule has 5 rings (SSSR count). The number of rotatable bonds is 12. The van der Waals surface area contributed by atoms with Crippen molar-refractivity contribution < 1.29 is 41.4 Å². The lowest BCUT2D eigenvalue weighted by molar-refractivity contribution is -0.141. The fourth-order valence-electron chi connectivity index (χ4n) is 5.52. The highest BCUT2D eigenvalue weighted by atomic mass is 19.4. The number of anilines is 1. The van der Waals surface area contributed by atoms with Crippen LogP contribution in [-0.4, -0.2) is 45.6 Å². The van der Waals surface area contributed by atoms with E-state index in [1.807, 2.05) is 24.3 Å². The van der Waals surface area contributed by atoms with Gasteiger partial charge in [0.2, 0.25) is 0 Å². The van der Waals surface area contributed by atoms with Crippen molar-refractivity contribution in [2.75, 3.05) is 11.9 Å². The van der Waals surface area contributed by atoms with Gasteiger partial charge in [0.25, 0.3) is 5.91 Å². The minimum atomic E-state index is -4.89. The molecule has 1 aliphatic carbocycles. The molecule has 1 aliphatic rings. The molecule has 1 unspecified atom stereocenters. The van der Waals surface area contributed by atoms with Gasteiger partial charge >= 0.3 is 18.4 Å². The lowest BCUT2D eigenvalue weighted by Gasteiger charge is -2.22. The first kappa shape index (κ1) is 40.7. The van der Waals surface area contributed by atoms with Crippen LogP contribution in [0.3, 0.4) is 0 Å². The minimum absolute atomic E-state index is 0.0165. The van der Waals surface area contributed by atoms with Gasteiger partial charge in [-0.1, -0.05) is 42.5 Å². The first-order valence-corrected chi connectivity index (χ1v) is 17.9. The van der Waals surface area contributed by atoms with E-state index in [2.05, 4.69) is 26.4 Å². The lowest BCUT2D eigenvalue weighted by atomic mass is 9.96. The maximum atomic E-state index is 15.3. The Bertz CT molecular complexity index is 2000. The second-order valence-corrected chi connectivity index (χ2v) is 15.4. The summed E-state index contributed by atoms with van der Waals surface area (Å²) in [7, 11) is 0. The number of nitrogens with zero attached hydrogens (tertiary/aromatic N) is 2. The smallest absolute Gasteiger partial charge is 0.435 e. The van der Waals surface area contributed by atoms with Crippen molar-refractivity contribution in [2.45, 2.75) is 90.9 Å². The number of carbonyl (C=O) groups excluding carboxylic acids is 3. The Morgan fingerprint density at radius 2 is 1.40 bits per heavy atom. The van der Waals surface area contributed by atoms with E-state index in [4.69, 9.17) is 9.47 Å².